The third-order valence-corrected chi connectivity index (χ3v) is 5.52. The number of hydrogen-bond donors (Lipinski definition) is 0. The fourth-order valence-corrected chi connectivity index (χ4v) is 3.77. The fraction of sp³-hybridized carbons (Fsp3) is 0.240. The molecule has 0 atom stereocenters. The summed E-state index contributed by atoms with van der Waals surface area (Å²) in [5.74, 6) is -0.0196. The van der Waals surface area contributed by atoms with Crippen molar-refractivity contribution in [2.75, 3.05) is 7.05 Å². The largest absolute Gasteiger partial charge is 0.337 e. The van der Waals surface area contributed by atoms with Crippen molar-refractivity contribution in [2.24, 2.45) is 0 Å². The minimum Gasteiger partial charge on any atom is -0.337 e. The van der Waals surface area contributed by atoms with Gasteiger partial charge in [0.25, 0.3) is 5.91 Å². The first-order valence-corrected chi connectivity index (χ1v) is 10.2. The van der Waals surface area contributed by atoms with E-state index in [1.54, 1.807) is 4.90 Å². The van der Waals surface area contributed by atoms with E-state index >= 15 is 0 Å². The average Bonchev–Trinajstić information content (AvgIpc) is 3.12. The minimum atomic E-state index is -0.0196. The Morgan fingerprint density at radius 1 is 1.07 bits per heavy atom. The number of benzene rings is 2. The van der Waals surface area contributed by atoms with Crippen molar-refractivity contribution in [1.29, 1.82) is 0 Å². The molecule has 5 nitrogen and oxygen atoms in total. The molecule has 5 heteroatoms. The van der Waals surface area contributed by atoms with Crippen LogP contribution < -0.4 is 0 Å². The second-order valence-electron chi connectivity index (χ2n) is 7.67. The van der Waals surface area contributed by atoms with Gasteiger partial charge in [0.15, 0.2) is 0 Å². The van der Waals surface area contributed by atoms with E-state index in [2.05, 4.69) is 12.0 Å². The number of fused-ring (bicyclic) bond motifs is 1. The van der Waals surface area contributed by atoms with Crippen LogP contribution in [0.15, 0.2) is 60.8 Å². The lowest BCUT2D eigenvalue weighted by molar-refractivity contribution is 0.0787. The molecule has 0 aliphatic rings. The highest BCUT2D eigenvalue weighted by Crippen LogP contribution is 2.27. The van der Waals surface area contributed by atoms with E-state index in [9.17, 15) is 4.79 Å². The summed E-state index contributed by atoms with van der Waals surface area (Å²) in [7, 11) is 1.84. The Balaban J connectivity index is 1.76. The number of aromatic nitrogens is 3. The second-order valence-corrected chi connectivity index (χ2v) is 7.67. The molecule has 152 valence electrons. The summed E-state index contributed by atoms with van der Waals surface area (Å²) in [4.78, 5) is 20.1. The Kier molecular flexibility index (Phi) is 5.36. The molecule has 0 aliphatic carbocycles. The third-order valence-electron chi connectivity index (χ3n) is 5.52. The van der Waals surface area contributed by atoms with Crippen LogP contribution in [0.1, 0.15) is 34.1 Å². The summed E-state index contributed by atoms with van der Waals surface area (Å²) >= 11 is 0. The standard InChI is InChI=1S/C25H26N4O/c1-5-29-18(3)20(15-26-29)16-28(4)25(30)22-14-24(19-9-7-6-8-10-19)27-23-12-11-17(2)13-21(22)23/h6-15H,5,16H2,1-4H3. The molecule has 0 radical (unpaired) electrons. The summed E-state index contributed by atoms with van der Waals surface area (Å²) < 4.78 is 1.95. The molecule has 0 N–H and O–H groups in total. The lowest BCUT2D eigenvalue weighted by Crippen LogP contribution is -2.26. The number of pyridine rings is 1. The SMILES string of the molecule is CCn1ncc(CN(C)C(=O)c2cc(-c3ccccc3)nc3ccc(C)cc23)c1C. The lowest BCUT2D eigenvalue weighted by Gasteiger charge is -2.19. The molecule has 4 aromatic rings. The molecular weight excluding hydrogens is 372 g/mol. The maximum absolute atomic E-state index is 13.5. The average molecular weight is 399 g/mol. The Morgan fingerprint density at radius 2 is 1.83 bits per heavy atom. The molecule has 0 aliphatic heterocycles. The molecule has 30 heavy (non-hydrogen) atoms. The van der Waals surface area contributed by atoms with Gasteiger partial charge in [-0.2, -0.15) is 5.10 Å². The van der Waals surface area contributed by atoms with Crippen LogP contribution in [0.25, 0.3) is 22.2 Å². The van der Waals surface area contributed by atoms with Gasteiger partial charge in [0.05, 0.1) is 23.0 Å². The first kappa shape index (κ1) is 19.8. The van der Waals surface area contributed by atoms with Crippen molar-refractivity contribution in [3.05, 3.63) is 83.2 Å². The molecule has 2 aromatic heterocycles. The zero-order valence-corrected chi connectivity index (χ0v) is 17.9. The topological polar surface area (TPSA) is 51.0 Å². The zero-order valence-electron chi connectivity index (χ0n) is 17.9. The van der Waals surface area contributed by atoms with Crippen molar-refractivity contribution in [2.45, 2.75) is 33.9 Å². The number of rotatable bonds is 5. The molecule has 0 saturated heterocycles. The highest BCUT2D eigenvalue weighted by molar-refractivity contribution is 6.07. The van der Waals surface area contributed by atoms with Crippen LogP contribution in [0.2, 0.25) is 0 Å². The summed E-state index contributed by atoms with van der Waals surface area (Å²) in [5, 5.41) is 5.29. The summed E-state index contributed by atoms with van der Waals surface area (Å²) in [5.41, 5.74) is 6.56. The Hall–Kier alpha value is -3.47. The van der Waals surface area contributed by atoms with E-state index in [0.717, 1.165) is 45.5 Å². The van der Waals surface area contributed by atoms with Gasteiger partial charge in [0, 0.05) is 42.3 Å². The van der Waals surface area contributed by atoms with Crippen molar-refractivity contribution < 1.29 is 4.79 Å². The van der Waals surface area contributed by atoms with Crippen LogP contribution >= 0.6 is 0 Å². The van der Waals surface area contributed by atoms with Crippen molar-refractivity contribution in [3.63, 3.8) is 0 Å². The van der Waals surface area contributed by atoms with Crippen molar-refractivity contribution in [3.8, 4) is 11.3 Å². The van der Waals surface area contributed by atoms with Crippen LogP contribution in [0, 0.1) is 13.8 Å². The van der Waals surface area contributed by atoms with Gasteiger partial charge in [-0.25, -0.2) is 4.98 Å². The zero-order chi connectivity index (χ0) is 21.3. The van der Waals surface area contributed by atoms with Crippen molar-refractivity contribution >= 4 is 16.8 Å². The monoisotopic (exact) mass is 398 g/mol. The van der Waals surface area contributed by atoms with Crippen LogP contribution in [-0.4, -0.2) is 32.6 Å². The number of nitrogens with zero attached hydrogens (tertiary/aromatic N) is 4. The number of carbonyl (C=O) groups is 1. The molecule has 0 unspecified atom stereocenters. The fourth-order valence-electron chi connectivity index (χ4n) is 3.77. The normalized spacial score (nSPS) is 11.1. The number of carbonyl (C=O) groups excluding carboxylic acids is 1. The minimum absolute atomic E-state index is 0.0196. The molecule has 0 fully saturated rings. The van der Waals surface area contributed by atoms with E-state index in [1.165, 1.54) is 0 Å². The second kappa shape index (κ2) is 8.11. The van der Waals surface area contributed by atoms with Gasteiger partial charge >= 0.3 is 0 Å². The predicted molar refractivity (Wildman–Crippen MR) is 120 cm³/mol. The van der Waals surface area contributed by atoms with Gasteiger partial charge in [-0.3, -0.25) is 9.48 Å². The molecule has 0 spiro atoms. The van der Waals surface area contributed by atoms with Gasteiger partial charge in [0.1, 0.15) is 0 Å². The Morgan fingerprint density at radius 3 is 2.53 bits per heavy atom. The predicted octanol–water partition coefficient (Wildman–Crippen LogP) is 5.01. The molecule has 1 amide bonds. The Bertz CT molecular complexity index is 1210. The molecule has 0 saturated carbocycles. The third kappa shape index (κ3) is 3.71. The van der Waals surface area contributed by atoms with Gasteiger partial charge < -0.3 is 4.90 Å². The number of amides is 1. The molecule has 4 rings (SSSR count). The highest BCUT2D eigenvalue weighted by atomic mass is 16.2. The van der Waals surface area contributed by atoms with Gasteiger partial charge in [0.2, 0.25) is 0 Å². The first-order chi connectivity index (χ1) is 14.5. The van der Waals surface area contributed by atoms with Crippen LogP contribution in [-0.2, 0) is 13.1 Å². The van der Waals surface area contributed by atoms with E-state index < -0.39 is 0 Å². The Labute approximate surface area is 177 Å². The summed E-state index contributed by atoms with van der Waals surface area (Å²) in [6, 6.07) is 18.0. The van der Waals surface area contributed by atoms with Crippen LogP contribution in [0.4, 0.5) is 0 Å². The molecular formula is C25H26N4O. The first-order valence-electron chi connectivity index (χ1n) is 10.2. The van der Waals surface area contributed by atoms with Gasteiger partial charge in [-0.1, -0.05) is 42.0 Å². The molecule has 2 heterocycles. The number of aryl methyl sites for hydroxylation is 2. The lowest BCUT2D eigenvalue weighted by atomic mass is 10.0. The quantitative estimate of drug-likeness (QED) is 0.475. The molecule has 0 bridgehead atoms. The van der Waals surface area contributed by atoms with E-state index in [4.69, 9.17) is 4.98 Å². The maximum atomic E-state index is 13.5. The van der Waals surface area contributed by atoms with E-state index in [0.29, 0.717) is 12.1 Å². The van der Waals surface area contributed by atoms with Crippen LogP contribution in [0.3, 0.4) is 0 Å². The smallest absolute Gasteiger partial charge is 0.254 e. The van der Waals surface area contributed by atoms with Crippen LogP contribution in [0.5, 0.6) is 0 Å². The molecule has 2 aromatic carbocycles. The van der Waals surface area contributed by atoms with Crippen molar-refractivity contribution in [1.82, 2.24) is 19.7 Å². The number of hydrogen-bond acceptors (Lipinski definition) is 3. The summed E-state index contributed by atoms with van der Waals surface area (Å²) in [6.45, 7) is 7.47. The van der Waals surface area contributed by atoms with Gasteiger partial charge in [-0.05, 0) is 39.0 Å². The van der Waals surface area contributed by atoms with E-state index in [-0.39, 0.29) is 5.91 Å². The maximum Gasteiger partial charge on any atom is 0.254 e. The van der Waals surface area contributed by atoms with Gasteiger partial charge in [-0.15, -0.1) is 0 Å². The highest BCUT2D eigenvalue weighted by Gasteiger charge is 2.19. The van der Waals surface area contributed by atoms with E-state index in [1.807, 2.05) is 86.4 Å². The summed E-state index contributed by atoms with van der Waals surface area (Å²) in [6.07, 6.45) is 1.85.